The van der Waals surface area contributed by atoms with Crippen molar-refractivity contribution in [2.75, 3.05) is 19.3 Å². The molecule has 0 aromatic carbocycles. The van der Waals surface area contributed by atoms with Crippen molar-refractivity contribution in [1.82, 2.24) is 4.90 Å². The Labute approximate surface area is 77.3 Å². The SMILES string of the molecule is CCCN(CCC)C(=O)[S+](C)[O-]. The van der Waals surface area contributed by atoms with Gasteiger partial charge in [0.2, 0.25) is 0 Å². The molecule has 0 fully saturated rings. The van der Waals surface area contributed by atoms with Crippen LogP contribution in [0.3, 0.4) is 0 Å². The Balaban J connectivity index is 3.99. The van der Waals surface area contributed by atoms with E-state index in [-0.39, 0.29) is 5.24 Å². The summed E-state index contributed by atoms with van der Waals surface area (Å²) in [5, 5.41) is -0.237. The third-order valence-corrected chi connectivity index (χ3v) is 2.24. The van der Waals surface area contributed by atoms with Gasteiger partial charge in [0.15, 0.2) is 0 Å². The van der Waals surface area contributed by atoms with Gasteiger partial charge in [0.1, 0.15) is 6.26 Å². The summed E-state index contributed by atoms with van der Waals surface area (Å²) in [6.45, 7) is 5.45. The standard InChI is InChI=1S/C8H17NO2S/c1-4-6-9(7-5-2)8(10)12(3)11/h4-7H2,1-3H3. The fourth-order valence-corrected chi connectivity index (χ4v) is 1.56. The molecule has 0 N–H and O–H groups in total. The van der Waals surface area contributed by atoms with Crippen LogP contribution in [-0.4, -0.2) is 34.0 Å². The molecule has 4 heteroatoms. The summed E-state index contributed by atoms with van der Waals surface area (Å²) in [6.07, 6.45) is 3.27. The summed E-state index contributed by atoms with van der Waals surface area (Å²) in [7, 11) is 0. The van der Waals surface area contributed by atoms with Gasteiger partial charge in [0.05, 0.1) is 0 Å². The maximum Gasteiger partial charge on any atom is 0.429 e. The fraction of sp³-hybridized carbons (Fsp3) is 0.875. The molecule has 0 aromatic heterocycles. The lowest BCUT2D eigenvalue weighted by atomic mass is 10.4. The highest BCUT2D eigenvalue weighted by atomic mass is 32.2. The van der Waals surface area contributed by atoms with E-state index in [0.717, 1.165) is 12.8 Å². The monoisotopic (exact) mass is 191 g/mol. The summed E-state index contributed by atoms with van der Waals surface area (Å²) in [4.78, 5) is 12.9. The van der Waals surface area contributed by atoms with Gasteiger partial charge in [0.25, 0.3) is 0 Å². The number of carbonyl (C=O) groups is 1. The van der Waals surface area contributed by atoms with Gasteiger partial charge in [0, 0.05) is 24.3 Å². The zero-order valence-corrected chi connectivity index (χ0v) is 8.82. The van der Waals surface area contributed by atoms with Crippen LogP contribution in [0.4, 0.5) is 4.79 Å². The van der Waals surface area contributed by atoms with Gasteiger partial charge in [-0.1, -0.05) is 13.8 Å². The molecular weight excluding hydrogens is 174 g/mol. The molecule has 0 saturated heterocycles. The summed E-state index contributed by atoms with van der Waals surface area (Å²) < 4.78 is 10.9. The lowest BCUT2D eigenvalue weighted by molar-refractivity contribution is 0.220. The molecule has 0 saturated carbocycles. The van der Waals surface area contributed by atoms with E-state index >= 15 is 0 Å². The van der Waals surface area contributed by atoms with Crippen molar-refractivity contribution in [3.8, 4) is 0 Å². The smallest absolute Gasteiger partial charge is 0.429 e. The molecule has 0 bridgehead atoms. The zero-order chi connectivity index (χ0) is 9.56. The predicted octanol–water partition coefficient (Wildman–Crippen LogP) is 1.61. The lowest BCUT2D eigenvalue weighted by Gasteiger charge is -2.19. The second-order valence-corrected chi connectivity index (χ2v) is 3.96. The molecule has 0 aromatic rings. The Bertz CT molecular complexity index is 133. The molecular formula is C8H17NO2S. The van der Waals surface area contributed by atoms with Crippen molar-refractivity contribution in [3.63, 3.8) is 0 Å². The molecule has 0 aliphatic carbocycles. The molecule has 1 amide bonds. The predicted molar refractivity (Wildman–Crippen MR) is 51.6 cm³/mol. The molecule has 72 valence electrons. The van der Waals surface area contributed by atoms with Gasteiger partial charge in [-0.3, -0.25) is 4.90 Å². The van der Waals surface area contributed by atoms with Crippen LogP contribution in [0.25, 0.3) is 0 Å². The maximum absolute atomic E-state index is 11.2. The zero-order valence-electron chi connectivity index (χ0n) is 8.00. The van der Waals surface area contributed by atoms with Gasteiger partial charge in [-0.2, -0.15) is 0 Å². The van der Waals surface area contributed by atoms with E-state index in [1.165, 1.54) is 6.26 Å². The summed E-state index contributed by atoms with van der Waals surface area (Å²) in [5.41, 5.74) is 0. The third kappa shape index (κ3) is 3.97. The number of nitrogens with zero attached hydrogens (tertiary/aromatic N) is 1. The first kappa shape index (κ1) is 11.8. The molecule has 0 rings (SSSR count). The topological polar surface area (TPSA) is 43.4 Å². The van der Waals surface area contributed by atoms with E-state index in [0.29, 0.717) is 13.1 Å². The highest BCUT2D eigenvalue weighted by molar-refractivity contribution is 8.05. The molecule has 1 atom stereocenters. The maximum atomic E-state index is 11.2. The number of hydrogen-bond donors (Lipinski definition) is 0. The first-order chi connectivity index (χ1) is 5.63. The van der Waals surface area contributed by atoms with Gasteiger partial charge in [-0.05, 0) is 12.8 Å². The Morgan fingerprint density at radius 1 is 1.33 bits per heavy atom. The molecule has 0 radical (unpaired) electrons. The van der Waals surface area contributed by atoms with Crippen molar-refractivity contribution in [1.29, 1.82) is 0 Å². The average molecular weight is 191 g/mol. The number of amides is 1. The first-order valence-corrected chi connectivity index (χ1v) is 5.81. The van der Waals surface area contributed by atoms with Crippen molar-refractivity contribution >= 4 is 16.4 Å². The highest BCUT2D eigenvalue weighted by Gasteiger charge is 2.20. The van der Waals surface area contributed by atoms with Gasteiger partial charge in [-0.15, -0.1) is 0 Å². The molecule has 0 aliphatic rings. The van der Waals surface area contributed by atoms with Crippen molar-refractivity contribution in [2.24, 2.45) is 0 Å². The Hall–Kier alpha value is -0.220. The van der Waals surface area contributed by atoms with Crippen LogP contribution in [0.15, 0.2) is 0 Å². The second kappa shape index (κ2) is 6.31. The quantitative estimate of drug-likeness (QED) is 0.634. The normalized spacial score (nSPS) is 12.7. The molecule has 3 nitrogen and oxygen atoms in total. The van der Waals surface area contributed by atoms with Crippen molar-refractivity contribution in [2.45, 2.75) is 26.7 Å². The summed E-state index contributed by atoms with van der Waals surface area (Å²) >= 11 is -1.36. The van der Waals surface area contributed by atoms with Crippen LogP contribution in [-0.2, 0) is 11.2 Å². The number of hydrogen-bond acceptors (Lipinski definition) is 2. The molecule has 0 aliphatic heterocycles. The minimum Gasteiger partial charge on any atom is -0.608 e. The fourth-order valence-electron chi connectivity index (χ4n) is 1.02. The minimum absolute atomic E-state index is 0.237. The van der Waals surface area contributed by atoms with Crippen LogP contribution in [0.1, 0.15) is 26.7 Å². The number of rotatable bonds is 4. The van der Waals surface area contributed by atoms with E-state index in [1.807, 2.05) is 13.8 Å². The summed E-state index contributed by atoms with van der Waals surface area (Å²) in [5.74, 6) is 0. The molecule has 0 heterocycles. The Morgan fingerprint density at radius 3 is 2.00 bits per heavy atom. The third-order valence-electron chi connectivity index (χ3n) is 1.49. The average Bonchev–Trinajstić information content (AvgIpc) is 2.03. The Kier molecular flexibility index (Phi) is 6.20. The van der Waals surface area contributed by atoms with Crippen LogP contribution >= 0.6 is 0 Å². The van der Waals surface area contributed by atoms with Crippen molar-refractivity contribution < 1.29 is 9.35 Å². The molecule has 1 unspecified atom stereocenters. The summed E-state index contributed by atoms with van der Waals surface area (Å²) in [6, 6.07) is 0. The minimum atomic E-state index is -1.36. The van der Waals surface area contributed by atoms with E-state index in [2.05, 4.69) is 0 Å². The first-order valence-electron chi connectivity index (χ1n) is 4.25. The van der Waals surface area contributed by atoms with Gasteiger partial charge in [-0.25, -0.2) is 4.79 Å². The lowest BCUT2D eigenvalue weighted by Crippen LogP contribution is -2.35. The van der Waals surface area contributed by atoms with E-state index in [1.54, 1.807) is 4.90 Å². The van der Waals surface area contributed by atoms with E-state index in [9.17, 15) is 9.35 Å². The van der Waals surface area contributed by atoms with Crippen LogP contribution in [0.5, 0.6) is 0 Å². The van der Waals surface area contributed by atoms with Gasteiger partial charge >= 0.3 is 5.24 Å². The van der Waals surface area contributed by atoms with Crippen LogP contribution in [0, 0.1) is 0 Å². The Morgan fingerprint density at radius 2 is 1.75 bits per heavy atom. The number of carbonyl (C=O) groups excluding carboxylic acids is 1. The highest BCUT2D eigenvalue weighted by Crippen LogP contribution is 2.01. The molecule has 0 spiro atoms. The van der Waals surface area contributed by atoms with E-state index in [4.69, 9.17) is 0 Å². The van der Waals surface area contributed by atoms with Gasteiger partial charge < -0.3 is 4.55 Å². The second-order valence-electron chi connectivity index (χ2n) is 2.71. The van der Waals surface area contributed by atoms with Crippen molar-refractivity contribution in [3.05, 3.63) is 0 Å². The van der Waals surface area contributed by atoms with E-state index < -0.39 is 11.2 Å². The molecule has 12 heavy (non-hydrogen) atoms. The van der Waals surface area contributed by atoms with Crippen LogP contribution < -0.4 is 0 Å². The largest absolute Gasteiger partial charge is 0.608 e. The van der Waals surface area contributed by atoms with Crippen LogP contribution in [0.2, 0.25) is 0 Å².